The van der Waals surface area contributed by atoms with E-state index in [1.165, 1.54) is 11.3 Å². The van der Waals surface area contributed by atoms with Crippen LogP contribution in [0.5, 0.6) is 0 Å². The van der Waals surface area contributed by atoms with Gasteiger partial charge in [0.25, 0.3) is 5.91 Å². The molecule has 0 spiro atoms. The summed E-state index contributed by atoms with van der Waals surface area (Å²) in [5.41, 5.74) is 4.91. The SMILES string of the molecule is Cc1ccc(C)c(NC(=O)c2cc3c(C)nn(Cc4ccccc4Cl)c3s2)c1. The van der Waals surface area contributed by atoms with Gasteiger partial charge in [-0.25, -0.2) is 0 Å². The van der Waals surface area contributed by atoms with Crippen molar-refractivity contribution in [2.75, 3.05) is 5.32 Å². The molecule has 4 rings (SSSR count). The van der Waals surface area contributed by atoms with E-state index in [-0.39, 0.29) is 5.91 Å². The molecule has 0 saturated heterocycles. The molecule has 2 aromatic carbocycles. The van der Waals surface area contributed by atoms with Gasteiger partial charge >= 0.3 is 0 Å². The molecule has 2 aromatic heterocycles. The number of nitrogens with one attached hydrogen (secondary N) is 1. The number of halogens is 1. The van der Waals surface area contributed by atoms with Crippen LogP contribution in [0, 0.1) is 20.8 Å². The summed E-state index contributed by atoms with van der Waals surface area (Å²) >= 11 is 7.76. The third-order valence-corrected chi connectivity index (χ3v) is 6.27. The highest BCUT2D eigenvalue weighted by atomic mass is 35.5. The van der Waals surface area contributed by atoms with Crippen LogP contribution in [0.15, 0.2) is 48.5 Å². The molecule has 6 heteroatoms. The second-order valence-corrected chi connectivity index (χ2v) is 8.37. The van der Waals surface area contributed by atoms with Gasteiger partial charge in [-0.15, -0.1) is 11.3 Å². The Balaban J connectivity index is 1.65. The summed E-state index contributed by atoms with van der Waals surface area (Å²) in [5.74, 6) is -0.0985. The number of aryl methyl sites for hydroxylation is 3. The zero-order valence-corrected chi connectivity index (χ0v) is 17.5. The Morgan fingerprint density at radius 3 is 2.71 bits per heavy atom. The number of hydrogen-bond acceptors (Lipinski definition) is 3. The molecular formula is C22H20ClN3OS. The Bertz CT molecular complexity index is 1190. The number of fused-ring (bicyclic) bond motifs is 1. The number of nitrogens with zero attached hydrogens (tertiary/aromatic N) is 2. The van der Waals surface area contributed by atoms with E-state index < -0.39 is 0 Å². The van der Waals surface area contributed by atoms with Crippen molar-refractivity contribution >= 4 is 44.7 Å². The number of carbonyl (C=O) groups excluding carboxylic acids is 1. The molecule has 0 saturated carbocycles. The number of aromatic nitrogens is 2. The van der Waals surface area contributed by atoms with E-state index in [0.717, 1.165) is 38.3 Å². The van der Waals surface area contributed by atoms with E-state index in [4.69, 9.17) is 11.6 Å². The van der Waals surface area contributed by atoms with Gasteiger partial charge in [0.1, 0.15) is 4.83 Å². The van der Waals surface area contributed by atoms with Crippen molar-refractivity contribution in [2.24, 2.45) is 0 Å². The van der Waals surface area contributed by atoms with Crippen molar-refractivity contribution in [3.8, 4) is 0 Å². The van der Waals surface area contributed by atoms with Gasteiger partial charge in [0, 0.05) is 16.1 Å². The summed E-state index contributed by atoms with van der Waals surface area (Å²) in [6.07, 6.45) is 0. The average Bonchev–Trinajstić information content (AvgIpc) is 3.22. The number of thiophene rings is 1. The largest absolute Gasteiger partial charge is 0.321 e. The zero-order chi connectivity index (χ0) is 19.8. The van der Waals surface area contributed by atoms with Crippen LogP contribution in [0.1, 0.15) is 32.1 Å². The number of rotatable bonds is 4. The lowest BCUT2D eigenvalue weighted by molar-refractivity contribution is 0.103. The number of carbonyl (C=O) groups is 1. The first-order valence-electron chi connectivity index (χ1n) is 9.01. The van der Waals surface area contributed by atoms with Crippen LogP contribution < -0.4 is 5.32 Å². The second-order valence-electron chi connectivity index (χ2n) is 6.94. The van der Waals surface area contributed by atoms with Gasteiger partial charge in [-0.3, -0.25) is 9.48 Å². The molecule has 0 unspecified atom stereocenters. The van der Waals surface area contributed by atoms with Gasteiger partial charge < -0.3 is 5.32 Å². The summed E-state index contributed by atoms with van der Waals surface area (Å²) in [5, 5.41) is 9.39. The van der Waals surface area contributed by atoms with Gasteiger partial charge in [0.05, 0.1) is 17.1 Å². The topological polar surface area (TPSA) is 46.9 Å². The van der Waals surface area contributed by atoms with Crippen molar-refractivity contribution in [1.29, 1.82) is 0 Å². The predicted molar refractivity (Wildman–Crippen MR) is 117 cm³/mol. The smallest absolute Gasteiger partial charge is 0.265 e. The van der Waals surface area contributed by atoms with Crippen LogP contribution in [0.3, 0.4) is 0 Å². The minimum Gasteiger partial charge on any atom is -0.321 e. The van der Waals surface area contributed by atoms with E-state index in [1.54, 1.807) is 0 Å². The highest BCUT2D eigenvalue weighted by Gasteiger charge is 2.17. The van der Waals surface area contributed by atoms with Crippen LogP contribution in [-0.4, -0.2) is 15.7 Å². The average molecular weight is 410 g/mol. The highest BCUT2D eigenvalue weighted by molar-refractivity contribution is 7.20. The van der Waals surface area contributed by atoms with Crippen LogP contribution in [0.4, 0.5) is 5.69 Å². The zero-order valence-electron chi connectivity index (χ0n) is 15.9. The lowest BCUT2D eigenvalue weighted by Gasteiger charge is -2.08. The molecular weight excluding hydrogens is 390 g/mol. The van der Waals surface area contributed by atoms with Crippen LogP contribution in [0.2, 0.25) is 5.02 Å². The first-order chi connectivity index (χ1) is 13.4. The van der Waals surface area contributed by atoms with Gasteiger partial charge in [-0.1, -0.05) is 41.9 Å². The number of hydrogen-bond donors (Lipinski definition) is 1. The fourth-order valence-corrected chi connectivity index (χ4v) is 4.43. The normalized spacial score (nSPS) is 11.1. The van der Waals surface area contributed by atoms with Gasteiger partial charge in [-0.05, 0) is 55.7 Å². The van der Waals surface area contributed by atoms with Crippen molar-refractivity contribution in [3.63, 3.8) is 0 Å². The maximum absolute atomic E-state index is 12.8. The molecule has 1 N–H and O–H groups in total. The van der Waals surface area contributed by atoms with E-state index in [1.807, 2.05) is 74.0 Å². The molecule has 28 heavy (non-hydrogen) atoms. The Morgan fingerprint density at radius 2 is 1.93 bits per heavy atom. The standard InChI is InChI=1S/C22H20ClN3OS/c1-13-8-9-14(2)19(10-13)24-21(27)20-11-17-15(3)25-26(22(17)28-20)12-16-6-4-5-7-18(16)23/h4-11H,12H2,1-3H3,(H,24,27). The molecule has 0 atom stereocenters. The number of anilines is 1. The summed E-state index contributed by atoms with van der Waals surface area (Å²) < 4.78 is 1.92. The van der Waals surface area contributed by atoms with Gasteiger partial charge in [0.2, 0.25) is 0 Å². The van der Waals surface area contributed by atoms with Crippen LogP contribution >= 0.6 is 22.9 Å². The Morgan fingerprint density at radius 1 is 1.14 bits per heavy atom. The Kier molecular flexibility index (Phi) is 4.96. The minimum atomic E-state index is -0.0985. The monoisotopic (exact) mass is 409 g/mol. The highest BCUT2D eigenvalue weighted by Crippen LogP contribution is 2.30. The van der Waals surface area contributed by atoms with Gasteiger partial charge in [0.15, 0.2) is 0 Å². The van der Waals surface area contributed by atoms with E-state index >= 15 is 0 Å². The third kappa shape index (κ3) is 3.55. The minimum absolute atomic E-state index is 0.0985. The van der Waals surface area contributed by atoms with E-state index in [9.17, 15) is 4.79 Å². The van der Waals surface area contributed by atoms with E-state index in [2.05, 4.69) is 10.4 Å². The molecule has 0 aliphatic carbocycles. The summed E-state index contributed by atoms with van der Waals surface area (Å²) in [6, 6.07) is 15.7. The molecule has 0 aliphatic heterocycles. The quantitative estimate of drug-likeness (QED) is 0.450. The molecule has 142 valence electrons. The fraction of sp³-hybridized carbons (Fsp3) is 0.182. The summed E-state index contributed by atoms with van der Waals surface area (Å²) in [7, 11) is 0. The summed E-state index contributed by atoms with van der Waals surface area (Å²) in [6.45, 7) is 6.54. The van der Waals surface area contributed by atoms with Crippen LogP contribution in [-0.2, 0) is 6.54 Å². The third-order valence-electron chi connectivity index (χ3n) is 4.75. The molecule has 1 amide bonds. The Hall–Kier alpha value is -2.63. The lowest BCUT2D eigenvalue weighted by atomic mass is 10.1. The number of amides is 1. The molecule has 0 fully saturated rings. The lowest BCUT2D eigenvalue weighted by Crippen LogP contribution is -2.11. The first-order valence-corrected chi connectivity index (χ1v) is 10.2. The van der Waals surface area contributed by atoms with Crippen molar-refractivity contribution in [1.82, 2.24) is 9.78 Å². The molecule has 0 aliphatic rings. The Labute approximate surface area is 172 Å². The predicted octanol–water partition coefficient (Wildman–Crippen LogP) is 5.98. The molecule has 0 bridgehead atoms. The van der Waals surface area contributed by atoms with Crippen molar-refractivity contribution < 1.29 is 4.79 Å². The van der Waals surface area contributed by atoms with E-state index in [0.29, 0.717) is 16.4 Å². The first kappa shape index (κ1) is 18.7. The number of benzene rings is 2. The summed E-state index contributed by atoms with van der Waals surface area (Å²) in [4.78, 5) is 14.5. The molecule has 2 heterocycles. The molecule has 0 radical (unpaired) electrons. The second kappa shape index (κ2) is 7.41. The van der Waals surface area contributed by atoms with Crippen molar-refractivity contribution in [3.05, 3.63) is 80.8 Å². The fourth-order valence-electron chi connectivity index (χ4n) is 3.17. The van der Waals surface area contributed by atoms with Gasteiger partial charge in [-0.2, -0.15) is 5.10 Å². The molecule has 4 nitrogen and oxygen atoms in total. The maximum Gasteiger partial charge on any atom is 0.265 e. The molecule has 4 aromatic rings. The maximum atomic E-state index is 12.8. The van der Waals surface area contributed by atoms with Crippen molar-refractivity contribution in [2.45, 2.75) is 27.3 Å². The van der Waals surface area contributed by atoms with Crippen LogP contribution in [0.25, 0.3) is 10.2 Å².